The van der Waals surface area contributed by atoms with Gasteiger partial charge in [0.2, 0.25) is 0 Å². The first kappa shape index (κ1) is 11.4. The average molecular weight is 255 g/mol. The molecule has 1 aromatic carbocycles. The van der Waals surface area contributed by atoms with Crippen molar-refractivity contribution in [3.63, 3.8) is 0 Å². The second-order valence-electron chi connectivity index (χ2n) is 4.26. The van der Waals surface area contributed by atoms with Crippen molar-refractivity contribution >= 4 is 28.1 Å². The van der Waals surface area contributed by atoms with Gasteiger partial charge in [0, 0.05) is 5.39 Å². The third-order valence-corrected chi connectivity index (χ3v) is 3.06. The molecule has 0 atom stereocenters. The lowest BCUT2D eigenvalue weighted by Gasteiger charge is -2.05. The van der Waals surface area contributed by atoms with Gasteiger partial charge in [-0.25, -0.2) is 9.78 Å². The van der Waals surface area contributed by atoms with E-state index in [1.807, 2.05) is 25.1 Å². The molecule has 3 aromatic rings. The second kappa shape index (κ2) is 3.91. The van der Waals surface area contributed by atoms with Crippen LogP contribution >= 0.6 is 0 Å². The fraction of sp³-hybridized carbons (Fsp3) is 0.0714. The number of aromatic nitrogens is 1. The van der Waals surface area contributed by atoms with Gasteiger partial charge in [-0.15, -0.1) is 0 Å². The number of carbonyl (C=O) groups excluding carboxylic acids is 1. The number of pyridine rings is 1. The van der Waals surface area contributed by atoms with Crippen molar-refractivity contribution in [2.75, 3.05) is 0 Å². The maximum absolute atomic E-state index is 11.7. The Balaban J connectivity index is 2.62. The van der Waals surface area contributed by atoms with Gasteiger partial charge in [-0.3, -0.25) is 4.79 Å². The smallest absolute Gasteiger partial charge is 0.348 e. The van der Waals surface area contributed by atoms with Crippen LogP contribution < -0.4 is 5.63 Å². The molecule has 94 valence electrons. The lowest BCUT2D eigenvalue weighted by molar-refractivity contribution is 0.111. The van der Waals surface area contributed by atoms with Crippen LogP contribution in [0, 0.1) is 6.92 Å². The van der Waals surface area contributed by atoms with Gasteiger partial charge in [0.25, 0.3) is 5.95 Å². The first-order valence-electron chi connectivity index (χ1n) is 5.63. The molecule has 5 nitrogen and oxygen atoms in total. The van der Waals surface area contributed by atoms with E-state index in [2.05, 4.69) is 9.40 Å². The van der Waals surface area contributed by atoms with E-state index in [9.17, 15) is 14.7 Å². The van der Waals surface area contributed by atoms with Gasteiger partial charge in [-0.05, 0) is 18.6 Å². The Morgan fingerprint density at radius 3 is 2.84 bits per heavy atom. The molecule has 0 aliphatic heterocycles. The first-order valence-corrected chi connectivity index (χ1v) is 5.63. The number of fused-ring (bicyclic) bond motifs is 2. The molecule has 0 unspecified atom stereocenters. The van der Waals surface area contributed by atoms with Crippen molar-refractivity contribution in [3.05, 3.63) is 45.8 Å². The number of carbonyl (C=O) groups is 1. The normalized spacial score (nSPS) is 11.0. The quantitative estimate of drug-likeness (QED) is 0.532. The zero-order valence-corrected chi connectivity index (χ0v) is 10.0. The van der Waals surface area contributed by atoms with Gasteiger partial charge in [0.05, 0.1) is 16.4 Å². The Morgan fingerprint density at radius 2 is 2.11 bits per heavy atom. The predicted molar refractivity (Wildman–Crippen MR) is 69.6 cm³/mol. The summed E-state index contributed by atoms with van der Waals surface area (Å²) in [7, 11) is 0. The van der Waals surface area contributed by atoms with E-state index in [-0.39, 0.29) is 16.5 Å². The zero-order valence-electron chi connectivity index (χ0n) is 10.0. The monoisotopic (exact) mass is 255 g/mol. The zero-order chi connectivity index (χ0) is 13.6. The summed E-state index contributed by atoms with van der Waals surface area (Å²) in [6.45, 7) is 1.88. The second-order valence-corrected chi connectivity index (χ2v) is 4.26. The van der Waals surface area contributed by atoms with Gasteiger partial charge in [-0.1, -0.05) is 18.2 Å². The molecule has 5 heteroatoms. The van der Waals surface area contributed by atoms with Crippen molar-refractivity contribution in [2.24, 2.45) is 0 Å². The highest BCUT2D eigenvalue weighted by Crippen LogP contribution is 2.25. The highest BCUT2D eigenvalue weighted by atomic mass is 16.5. The average Bonchev–Trinajstić information content (AvgIpc) is 2.38. The van der Waals surface area contributed by atoms with Crippen LogP contribution in [0.5, 0.6) is 5.95 Å². The Morgan fingerprint density at radius 1 is 1.32 bits per heavy atom. The summed E-state index contributed by atoms with van der Waals surface area (Å²) in [4.78, 5) is 27.0. The van der Waals surface area contributed by atoms with Crippen LogP contribution in [-0.4, -0.2) is 16.4 Å². The lowest BCUT2D eigenvalue weighted by atomic mass is 10.1. The summed E-state index contributed by atoms with van der Waals surface area (Å²) in [5.74, 6) is -0.701. The molecule has 0 saturated carbocycles. The molecule has 2 heterocycles. The largest absolute Gasteiger partial charge is 0.480 e. The molecule has 0 radical (unpaired) electrons. The Hall–Kier alpha value is -2.69. The topological polar surface area (TPSA) is 80.4 Å². The number of para-hydroxylation sites is 1. The van der Waals surface area contributed by atoms with Crippen LogP contribution in [0.4, 0.5) is 0 Å². The number of hydrogen-bond acceptors (Lipinski definition) is 5. The highest BCUT2D eigenvalue weighted by molar-refractivity contribution is 6.01. The van der Waals surface area contributed by atoms with E-state index >= 15 is 0 Å². The first-order chi connectivity index (χ1) is 9.11. The summed E-state index contributed by atoms with van der Waals surface area (Å²) >= 11 is 0. The number of hydrogen-bond donors (Lipinski definition) is 1. The van der Waals surface area contributed by atoms with E-state index in [0.29, 0.717) is 11.8 Å². The van der Waals surface area contributed by atoms with E-state index in [1.54, 1.807) is 6.07 Å². The van der Waals surface area contributed by atoms with Crippen LogP contribution in [0.1, 0.15) is 15.9 Å². The third-order valence-electron chi connectivity index (χ3n) is 3.06. The van der Waals surface area contributed by atoms with E-state index in [0.717, 1.165) is 10.9 Å². The molecule has 0 spiro atoms. The van der Waals surface area contributed by atoms with Gasteiger partial charge in [-0.2, -0.15) is 0 Å². The summed E-state index contributed by atoms with van der Waals surface area (Å²) in [6, 6.07) is 7.17. The van der Waals surface area contributed by atoms with Gasteiger partial charge in [0.1, 0.15) is 5.56 Å². The van der Waals surface area contributed by atoms with E-state index in [4.69, 9.17) is 0 Å². The van der Waals surface area contributed by atoms with Crippen LogP contribution in [0.15, 0.2) is 33.5 Å². The van der Waals surface area contributed by atoms with Crippen molar-refractivity contribution < 1.29 is 14.3 Å². The summed E-state index contributed by atoms with van der Waals surface area (Å²) in [5.41, 5.74) is 0.936. The minimum absolute atomic E-state index is 0.111. The number of aryl methyl sites for hydroxylation is 1. The molecule has 0 fully saturated rings. The van der Waals surface area contributed by atoms with E-state index in [1.165, 1.54) is 0 Å². The van der Waals surface area contributed by atoms with Crippen molar-refractivity contribution in [2.45, 2.75) is 6.92 Å². The van der Waals surface area contributed by atoms with Gasteiger partial charge < -0.3 is 9.52 Å². The third kappa shape index (κ3) is 1.59. The summed E-state index contributed by atoms with van der Waals surface area (Å²) in [6.07, 6.45) is 0.428. The van der Waals surface area contributed by atoms with Crippen molar-refractivity contribution in [1.29, 1.82) is 0 Å². The molecule has 3 rings (SSSR count). The molecule has 0 saturated heterocycles. The van der Waals surface area contributed by atoms with E-state index < -0.39 is 11.6 Å². The summed E-state index contributed by atoms with van der Waals surface area (Å²) in [5, 5.41) is 10.5. The highest BCUT2D eigenvalue weighted by Gasteiger charge is 2.15. The molecule has 19 heavy (non-hydrogen) atoms. The molecular weight excluding hydrogens is 246 g/mol. The minimum atomic E-state index is -0.714. The van der Waals surface area contributed by atoms with Gasteiger partial charge in [0.15, 0.2) is 6.29 Å². The van der Waals surface area contributed by atoms with Crippen LogP contribution in [0.3, 0.4) is 0 Å². The molecule has 1 N–H and O–H groups in total. The molecule has 0 amide bonds. The summed E-state index contributed by atoms with van der Waals surface area (Å²) < 4.78 is 4.62. The number of aromatic hydroxyl groups is 1. The maximum atomic E-state index is 11.7. The van der Waals surface area contributed by atoms with Crippen LogP contribution in [-0.2, 0) is 0 Å². The van der Waals surface area contributed by atoms with Crippen LogP contribution in [0.2, 0.25) is 0 Å². The molecule has 0 aliphatic carbocycles. The Bertz CT molecular complexity index is 880. The molecule has 2 aromatic heterocycles. The lowest BCUT2D eigenvalue weighted by Crippen LogP contribution is -2.04. The molecular formula is C14H9NO4. The number of aldehydes is 1. The predicted octanol–water partition coefficient (Wildman–Crippen LogP) is 2.17. The fourth-order valence-corrected chi connectivity index (χ4v) is 2.11. The maximum Gasteiger partial charge on any atom is 0.348 e. The number of rotatable bonds is 1. The SMILES string of the molecule is Cc1cccc2cc3c(=O)oc(O)c(C=O)c3nc12. The Labute approximate surface area is 107 Å². The minimum Gasteiger partial charge on any atom is -0.480 e. The van der Waals surface area contributed by atoms with Crippen LogP contribution in [0.25, 0.3) is 21.8 Å². The molecule has 0 aliphatic rings. The number of nitrogens with zero attached hydrogens (tertiary/aromatic N) is 1. The fourth-order valence-electron chi connectivity index (χ4n) is 2.11. The van der Waals surface area contributed by atoms with Crippen molar-refractivity contribution in [3.8, 4) is 5.95 Å². The Kier molecular flexibility index (Phi) is 2.35. The van der Waals surface area contributed by atoms with Gasteiger partial charge >= 0.3 is 5.63 Å². The standard InChI is InChI=1S/C14H9NO4/c1-7-3-2-4-8-5-9-12(15-11(7)8)10(6-16)14(18)19-13(9)17/h2-6,18H,1H3. The van der Waals surface area contributed by atoms with Crippen molar-refractivity contribution in [1.82, 2.24) is 4.98 Å². The number of benzene rings is 1. The molecule has 0 bridgehead atoms.